The third-order valence-electron chi connectivity index (χ3n) is 2.04. The van der Waals surface area contributed by atoms with Crippen LogP contribution >= 0.6 is 0 Å². The van der Waals surface area contributed by atoms with Gasteiger partial charge in [-0.25, -0.2) is 0 Å². The lowest BCUT2D eigenvalue weighted by atomic mass is 9.93. The smallest absolute Gasteiger partial charge is 0.234 e. The first-order chi connectivity index (χ1) is 6.41. The fourth-order valence-corrected chi connectivity index (χ4v) is 1.35. The molecule has 0 rings (SSSR count). The van der Waals surface area contributed by atoms with Crippen molar-refractivity contribution in [1.82, 2.24) is 10.2 Å². The second-order valence-electron chi connectivity index (χ2n) is 4.49. The second-order valence-corrected chi connectivity index (χ2v) is 4.49. The largest absolute Gasteiger partial charge is 0.355 e. The van der Waals surface area contributed by atoms with Crippen molar-refractivity contribution in [3.8, 4) is 0 Å². The van der Waals surface area contributed by atoms with Gasteiger partial charge in [0, 0.05) is 13.1 Å². The second kappa shape index (κ2) is 5.98. The van der Waals surface area contributed by atoms with Gasteiger partial charge in [0.2, 0.25) is 5.91 Å². The average Bonchev–Trinajstić information content (AvgIpc) is 2.03. The molecule has 0 radical (unpaired) electrons. The van der Waals surface area contributed by atoms with Gasteiger partial charge in [-0.05, 0) is 25.9 Å². The van der Waals surface area contributed by atoms with Crippen molar-refractivity contribution in [3.05, 3.63) is 0 Å². The molecule has 4 nitrogen and oxygen atoms in total. The van der Waals surface area contributed by atoms with E-state index in [-0.39, 0.29) is 11.3 Å². The first kappa shape index (κ1) is 13.4. The quantitative estimate of drug-likeness (QED) is 0.638. The Hall–Kier alpha value is -0.610. The Morgan fingerprint density at radius 1 is 1.50 bits per heavy atom. The summed E-state index contributed by atoms with van der Waals surface area (Å²) in [6, 6.07) is 0. The highest BCUT2D eigenvalue weighted by Crippen LogP contribution is 2.13. The van der Waals surface area contributed by atoms with E-state index in [2.05, 4.69) is 19.2 Å². The monoisotopic (exact) mass is 201 g/mol. The van der Waals surface area contributed by atoms with E-state index >= 15 is 0 Å². The van der Waals surface area contributed by atoms with Crippen molar-refractivity contribution in [2.75, 3.05) is 33.2 Å². The van der Waals surface area contributed by atoms with E-state index in [1.54, 1.807) is 0 Å². The molecule has 0 heterocycles. The number of likely N-dealkylation sites (N-methyl/N-ethyl adjacent to an activating group) is 2. The SMILES string of the molecule is CCNC(=O)CN(C)CC(C)(C)CN. The lowest BCUT2D eigenvalue weighted by Crippen LogP contribution is -2.41. The number of rotatable bonds is 6. The maximum absolute atomic E-state index is 11.2. The molecule has 0 unspecified atom stereocenters. The van der Waals surface area contributed by atoms with Gasteiger partial charge in [-0.1, -0.05) is 13.8 Å². The molecule has 0 aromatic carbocycles. The molecule has 0 aliphatic rings. The summed E-state index contributed by atoms with van der Waals surface area (Å²) >= 11 is 0. The van der Waals surface area contributed by atoms with E-state index < -0.39 is 0 Å². The first-order valence-electron chi connectivity index (χ1n) is 5.06. The Morgan fingerprint density at radius 2 is 2.07 bits per heavy atom. The number of amides is 1. The summed E-state index contributed by atoms with van der Waals surface area (Å²) in [5.41, 5.74) is 5.69. The molecule has 4 heteroatoms. The molecule has 0 atom stereocenters. The average molecular weight is 201 g/mol. The van der Waals surface area contributed by atoms with Crippen LogP contribution < -0.4 is 11.1 Å². The molecule has 3 N–H and O–H groups in total. The Bertz CT molecular complexity index is 180. The standard InChI is InChI=1S/C10H23N3O/c1-5-12-9(14)6-13(4)8-10(2,3)7-11/h5-8,11H2,1-4H3,(H,12,14). The summed E-state index contributed by atoms with van der Waals surface area (Å²) in [7, 11) is 1.94. The number of carbonyl (C=O) groups is 1. The van der Waals surface area contributed by atoms with Crippen molar-refractivity contribution in [2.45, 2.75) is 20.8 Å². The lowest BCUT2D eigenvalue weighted by molar-refractivity contribution is -0.122. The minimum absolute atomic E-state index is 0.0707. The van der Waals surface area contributed by atoms with Crippen LogP contribution in [-0.4, -0.2) is 44.0 Å². The van der Waals surface area contributed by atoms with E-state index in [1.165, 1.54) is 0 Å². The molecule has 1 amide bonds. The van der Waals surface area contributed by atoms with Crippen LogP contribution in [0.15, 0.2) is 0 Å². The molecule has 84 valence electrons. The third-order valence-corrected chi connectivity index (χ3v) is 2.04. The summed E-state index contributed by atoms with van der Waals surface area (Å²) in [4.78, 5) is 13.2. The molecule has 0 fully saturated rings. The van der Waals surface area contributed by atoms with Crippen LogP contribution in [0.25, 0.3) is 0 Å². The number of hydrogen-bond acceptors (Lipinski definition) is 3. The maximum atomic E-state index is 11.2. The van der Waals surface area contributed by atoms with E-state index in [1.807, 2.05) is 18.9 Å². The zero-order valence-electron chi connectivity index (χ0n) is 9.76. The molecular weight excluding hydrogens is 178 g/mol. The third kappa shape index (κ3) is 5.94. The topological polar surface area (TPSA) is 58.4 Å². The zero-order valence-corrected chi connectivity index (χ0v) is 9.76. The van der Waals surface area contributed by atoms with Gasteiger partial charge in [0.05, 0.1) is 6.54 Å². The van der Waals surface area contributed by atoms with Gasteiger partial charge in [0.1, 0.15) is 0 Å². The van der Waals surface area contributed by atoms with E-state index in [4.69, 9.17) is 5.73 Å². The number of carbonyl (C=O) groups excluding carboxylic acids is 1. The van der Waals surface area contributed by atoms with Crippen LogP contribution in [0.4, 0.5) is 0 Å². The zero-order chi connectivity index (χ0) is 11.2. The van der Waals surface area contributed by atoms with Crippen molar-refractivity contribution < 1.29 is 4.79 Å². The predicted octanol–water partition coefficient (Wildman–Crippen LogP) is 0.0392. The van der Waals surface area contributed by atoms with Crippen LogP contribution in [0, 0.1) is 5.41 Å². The molecule has 0 saturated heterocycles. The molecule has 0 bridgehead atoms. The van der Waals surface area contributed by atoms with Crippen LogP contribution in [0.2, 0.25) is 0 Å². The number of nitrogens with zero attached hydrogens (tertiary/aromatic N) is 1. The van der Waals surface area contributed by atoms with Gasteiger partial charge in [0.25, 0.3) is 0 Å². The van der Waals surface area contributed by atoms with Gasteiger partial charge in [-0.2, -0.15) is 0 Å². The minimum Gasteiger partial charge on any atom is -0.355 e. The molecule has 0 aliphatic heterocycles. The molecular formula is C10H23N3O. The molecule has 0 saturated carbocycles. The van der Waals surface area contributed by atoms with Gasteiger partial charge in [0.15, 0.2) is 0 Å². The van der Waals surface area contributed by atoms with Gasteiger partial charge < -0.3 is 11.1 Å². The van der Waals surface area contributed by atoms with Crippen molar-refractivity contribution in [3.63, 3.8) is 0 Å². The lowest BCUT2D eigenvalue weighted by Gasteiger charge is -2.28. The molecule has 0 aliphatic carbocycles. The highest BCUT2D eigenvalue weighted by Gasteiger charge is 2.18. The fourth-order valence-electron chi connectivity index (χ4n) is 1.35. The number of hydrogen-bond donors (Lipinski definition) is 2. The first-order valence-corrected chi connectivity index (χ1v) is 5.06. The highest BCUT2D eigenvalue weighted by molar-refractivity contribution is 5.77. The Labute approximate surface area is 86.8 Å². The van der Waals surface area contributed by atoms with Gasteiger partial charge >= 0.3 is 0 Å². The van der Waals surface area contributed by atoms with E-state index in [9.17, 15) is 4.79 Å². The predicted molar refractivity (Wildman–Crippen MR) is 59.0 cm³/mol. The van der Waals surface area contributed by atoms with Crippen LogP contribution in [-0.2, 0) is 4.79 Å². The Morgan fingerprint density at radius 3 is 2.50 bits per heavy atom. The summed E-state index contributed by atoms with van der Waals surface area (Å²) in [5, 5.41) is 2.77. The number of nitrogens with one attached hydrogen (secondary N) is 1. The van der Waals surface area contributed by atoms with Crippen LogP contribution in [0.3, 0.4) is 0 Å². The van der Waals surface area contributed by atoms with Crippen molar-refractivity contribution >= 4 is 5.91 Å². The number of nitrogens with two attached hydrogens (primary N) is 1. The highest BCUT2D eigenvalue weighted by atomic mass is 16.1. The van der Waals surface area contributed by atoms with Gasteiger partial charge in [-0.15, -0.1) is 0 Å². The molecule has 14 heavy (non-hydrogen) atoms. The minimum atomic E-state index is 0.0707. The van der Waals surface area contributed by atoms with Crippen molar-refractivity contribution in [2.24, 2.45) is 11.1 Å². The fraction of sp³-hybridized carbons (Fsp3) is 0.900. The van der Waals surface area contributed by atoms with E-state index in [0.717, 1.165) is 6.54 Å². The Balaban J connectivity index is 3.86. The van der Waals surface area contributed by atoms with Gasteiger partial charge in [-0.3, -0.25) is 9.69 Å². The molecule has 0 aromatic rings. The summed E-state index contributed by atoms with van der Waals surface area (Å²) in [6.07, 6.45) is 0. The molecule has 0 aromatic heterocycles. The summed E-state index contributed by atoms with van der Waals surface area (Å²) < 4.78 is 0. The summed E-state index contributed by atoms with van der Waals surface area (Å²) in [6.45, 7) is 8.71. The normalized spacial score (nSPS) is 11.9. The van der Waals surface area contributed by atoms with E-state index in [0.29, 0.717) is 19.6 Å². The van der Waals surface area contributed by atoms with Crippen LogP contribution in [0.5, 0.6) is 0 Å². The Kier molecular flexibility index (Phi) is 5.72. The van der Waals surface area contributed by atoms with Crippen LogP contribution in [0.1, 0.15) is 20.8 Å². The van der Waals surface area contributed by atoms with Crippen molar-refractivity contribution in [1.29, 1.82) is 0 Å². The molecule has 0 spiro atoms. The maximum Gasteiger partial charge on any atom is 0.234 e. The summed E-state index contributed by atoms with van der Waals surface area (Å²) in [5.74, 6) is 0.0721.